The summed E-state index contributed by atoms with van der Waals surface area (Å²) in [6, 6.07) is 12.9. The smallest absolute Gasteiger partial charge is 0.126 e. The Bertz CT molecular complexity index is 565. The second-order valence-electron chi connectivity index (χ2n) is 4.88. The lowest BCUT2D eigenvalue weighted by molar-refractivity contribution is 0.834. The number of nitrogens with zero attached hydrogens (tertiary/aromatic N) is 2. The van der Waals surface area contributed by atoms with E-state index in [2.05, 4.69) is 58.5 Å². The SMILES string of the molecule is CCNc1cc(CN2CCc3ccccc32)ccn1. The zero-order valence-corrected chi connectivity index (χ0v) is 11.3. The summed E-state index contributed by atoms with van der Waals surface area (Å²) in [5.41, 5.74) is 4.15. The molecule has 98 valence electrons. The van der Waals surface area contributed by atoms with Crippen molar-refractivity contribution in [2.75, 3.05) is 23.3 Å². The second kappa shape index (κ2) is 5.31. The maximum absolute atomic E-state index is 4.32. The largest absolute Gasteiger partial charge is 0.370 e. The Kier molecular flexibility index (Phi) is 3.36. The van der Waals surface area contributed by atoms with Gasteiger partial charge in [0.25, 0.3) is 0 Å². The number of fused-ring (bicyclic) bond motifs is 1. The maximum atomic E-state index is 4.32. The zero-order chi connectivity index (χ0) is 13.1. The van der Waals surface area contributed by atoms with Gasteiger partial charge in [-0.2, -0.15) is 0 Å². The van der Waals surface area contributed by atoms with Crippen LogP contribution in [-0.4, -0.2) is 18.1 Å². The van der Waals surface area contributed by atoms with Crippen LogP contribution in [0.2, 0.25) is 0 Å². The number of hydrogen-bond acceptors (Lipinski definition) is 3. The molecular formula is C16H19N3. The molecule has 0 saturated heterocycles. The highest BCUT2D eigenvalue weighted by molar-refractivity contribution is 5.58. The molecule has 2 heterocycles. The van der Waals surface area contributed by atoms with Gasteiger partial charge in [0.2, 0.25) is 0 Å². The van der Waals surface area contributed by atoms with Gasteiger partial charge in [0, 0.05) is 31.5 Å². The first-order chi connectivity index (χ1) is 9.36. The summed E-state index contributed by atoms with van der Waals surface area (Å²) in [5.74, 6) is 0.965. The molecular weight excluding hydrogens is 234 g/mol. The Morgan fingerprint density at radius 1 is 1.26 bits per heavy atom. The third-order valence-electron chi connectivity index (χ3n) is 3.54. The Balaban J connectivity index is 1.77. The van der Waals surface area contributed by atoms with Crippen molar-refractivity contribution >= 4 is 11.5 Å². The van der Waals surface area contributed by atoms with Crippen molar-refractivity contribution in [3.05, 3.63) is 53.7 Å². The van der Waals surface area contributed by atoms with Crippen molar-refractivity contribution in [3.8, 4) is 0 Å². The summed E-state index contributed by atoms with van der Waals surface area (Å²) in [6.07, 6.45) is 3.04. The Morgan fingerprint density at radius 3 is 3.05 bits per heavy atom. The van der Waals surface area contributed by atoms with Gasteiger partial charge in [0.1, 0.15) is 5.82 Å². The quantitative estimate of drug-likeness (QED) is 0.907. The molecule has 0 bridgehead atoms. The summed E-state index contributed by atoms with van der Waals surface area (Å²) in [5, 5.41) is 3.26. The van der Waals surface area contributed by atoms with E-state index in [0.29, 0.717) is 0 Å². The van der Waals surface area contributed by atoms with Crippen LogP contribution in [0, 0.1) is 0 Å². The molecule has 3 rings (SSSR count). The van der Waals surface area contributed by atoms with Crippen LogP contribution in [-0.2, 0) is 13.0 Å². The number of pyridine rings is 1. The van der Waals surface area contributed by atoms with Crippen LogP contribution in [0.1, 0.15) is 18.1 Å². The van der Waals surface area contributed by atoms with Gasteiger partial charge in [0.05, 0.1) is 0 Å². The third-order valence-corrected chi connectivity index (χ3v) is 3.54. The average molecular weight is 253 g/mol. The van der Waals surface area contributed by atoms with Crippen molar-refractivity contribution in [2.45, 2.75) is 19.9 Å². The molecule has 1 aliphatic rings. The summed E-state index contributed by atoms with van der Waals surface area (Å²) >= 11 is 0. The van der Waals surface area contributed by atoms with Crippen molar-refractivity contribution in [2.24, 2.45) is 0 Å². The minimum Gasteiger partial charge on any atom is -0.370 e. The number of hydrogen-bond donors (Lipinski definition) is 1. The van der Waals surface area contributed by atoms with E-state index in [4.69, 9.17) is 0 Å². The molecule has 0 spiro atoms. The van der Waals surface area contributed by atoms with Crippen LogP contribution in [0.3, 0.4) is 0 Å². The highest BCUT2D eigenvalue weighted by atomic mass is 15.1. The molecule has 1 N–H and O–H groups in total. The summed E-state index contributed by atoms with van der Waals surface area (Å²) in [4.78, 5) is 6.76. The first kappa shape index (κ1) is 12.0. The molecule has 0 saturated carbocycles. The lowest BCUT2D eigenvalue weighted by Gasteiger charge is -2.19. The molecule has 0 radical (unpaired) electrons. The van der Waals surface area contributed by atoms with E-state index in [-0.39, 0.29) is 0 Å². The number of anilines is 2. The number of aromatic nitrogens is 1. The van der Waals surface area contributed by atoms with Crippen LogP contribution in [0.15, 0.2) is 42.6 Å². The van der Waals surface area contributed by atoms with Gasteiger partial charge in [-0.3, -0.25) is 0 Å². The Morgan fingerprint density at radius 2 is 2.16 bits per heavy atom. The normalized spacial score (nSPS) is 13.4. The molecule has 2 aromatic rings. The monoisotopic (exact) mass is 253 g/mol. The first-order valence-electron chi connectivity index (χ1n) is 6.88. The number of nitrogens with one attached hydrogen (secondary N) is 1. The van der Waals surface area contributed by atoms with E-state index in [1.54, 1.807) is 0 Å². The van der Waals surface area contributed by atoms with Gasteiger partial charge in [-0.1, -0.05) is 18.2 Å². The van der Waals surface area contributed by atoms with Crippen LogP contribution in [0.5, 0.6) is 0 Å². The van der Waals surface area contributed by atoms with Crippen LogP contribution >= 0.6 is 0 Å². The van der Waals surface area contributed by atoms with Gasteiger partial charge in [-0.15, -0.1) is 0 Å². The lowest BCUT2D eigenvalue weighted by atomic mass is 10.2. The fraction of sp³-hybridized carbons (Fsp3) is 0.312. The standard InChI is InChI=1S/C16H19N3/c1-2-17-16-11-13(7-9-18-16)12-19-10-8-14-5-3-4-6-15(14)19/h3-7,9,11H,2,8,10,12H2,1H3,(H,17,18). The molecule has 3 nitrogen and oxygen atoms in total. The predicted molar refractivity (Wildman–Crippen MR) is 79.6 cm³/mol. The summed E-state index contributed by atoms with van der Waals surface area (Å²) < 4.78 is 0. The molecule has 1 aliphatic heterocycles. The number of benzene rings is 1. The molecule has 1 aromatic carbocycles. The highest BCUT2D eigenvalue weighted by Gasteiger charge is 2.18. The van der Waals surface area contributed by atoms with Crippen molar-refractivity contribution in [1.29, 1.82) is 0 Å². The van der Waals surface area contributed by atoms with Crippen molar-refractivity contribution in [3.63, 3.8) is 0 Å². The van der Waals surface area contributed by atoms with Crippen molar-refractivity contribution < 1.29 is 0 Å². The molecule has 0 fully saturated rings. The van der Waals surface area contributed by atoms with Crippen LogP contribution in [0.25, 0.3) is 0 Å². The molecule has 19 heavy (non-hydrogen) atoms. The van der Waals surface area contributed by atoms with E-state index < -0.39 is 0 Å². The van der Waals surface area contributed by atoms with Crippen LogP contribution in [0.4, 0.5) is 11.5 Å². The zero-order valence-electron chi connectivity index (χ0n) is 11.3. The summed E-state index contributed by atoms with van der Waals surface area (Å²) in [6.45, 7) is 5.06. The molecule has 0 unspecified atom stereocenters. The fourth-order valence-corrected chi connectivity index (χ4v) is 2.64. The Labute approximate surface area is 114 Å². The van der Waals surface area contributed by atoms with E-state index >= 15 is 0 Å². The molecule has 1 aromatic heterocycles. The minimum absolute atomic E-state index is 0.906. The third kappa shape index (κ3) is 2.55. The fourth-order valence-electron chi connectivity index (χ4n) is 2.64. The van der Waals surface area contributed by atoms with Gasteiger partial charge < -0.3 is 10.2 Å². The number of para-hydroxylation sites is 1. The Hall–Kier alpha value is -2.03. The minimum atomic E-state index is 0.906. The van der Waals surface area contributed by atoms with Gasteiger partial charge in [-0.25, -0.2) is 4.98 Å². The van der Waals surface area contributed by atoms with Crippen molar-refractivity contribution in [1.82, 2.24) is 4.98 Å². The van der Waals surface area contributed by atoms with E-state index in [9.17, 15) is 0 Å². The van der Waals surface area contributed by atoms with E-state index in [1.807, 2.05) is 6.20 Å². The maximum Gasteiger partial charge on any atom is 0.126 e. The lowest BCUT2D eigenvalue weighted by Crippen LogP contribution is -2.19. The van der Waals surface area contributed by atoms with E-state index in [0.717, 1.165) is 31.9 Å². The van der Waals surface area contributed by atoms with Gasteiger partial charge in [0.15, 0.2) is 0 Å². The molecule has 0 atom stereocenters. The van der Waals surface area contributed by atoms with Gasteiger partial charge >= 0.3 is 0 Å². The highest BCUT2D eigenvalue weighted by Crippen LogP contribution is 2.28. The predicted octanol–water partition coefficient (Wildman–Crippen LogP) is 3.08. The topological polar surface area (TPSA) is 28.2 Å². The van der Waals surface area contributed by atoms with Crippen LogP contribution < -0.4 is 10.2 Å². The second-order valence-corrected chi connectivity index (χ2v) is 4.88. The van der Waals surface area contributed by atoms with E-state index in [1.165, 1.54) is 16.8 Å². The molecule has 3 heteroatoms. The first-order valence-corrected chi connectivity index (χ1v) is 6.88. The molecule has 0 aliphatic carbocycles. The van der Waals surface area contributed by atoms with Gasteiger partial charge in [-0.05, 0) is 42.7 Å². The average Bonchev–Trinajstić information content (AvgIpc) is 2.83. The molecule has 0 amide bonds. The number of rotatable bonds is 4. The summed E-state index contributed by atoms with van der Waals surface area (Å²) in [7, 11) is 0.